The van der Waals surface area contributed by atoms with Gasteiger partial charge in [0.25, 0.3) is 0 Å². The first-order chi connectivity index (χ1) is 57.3. The summed E-state index contributed by atoms with van der Waals surface area (Å²) in [5.41, 5.74) is 21.4. The Hall–Kier alpha value is -13.2. The van der Waals surface area contributed by atoms with Crippen LogP contribution in [0.5, 0.6) is 23.0 Å². The summed E-state index contributed by atoms with van der Waals surface area (Å²) in [7, 11) is 6.86. The zero-order chi connectivity index (χ0) is 79.2. The molecule has 4 aromatic heterocycles. The lowest BCUT2D eigenvalue weighted by Gasteiger charge is -2.37. The van der Waals surface area contributed by atoms with Gasteiger partial charge < -0.3 is 38.5 Å². The van der Waals surface area contributed by atoms with E-state index < -0.39 is 5.41 Å². The molecule has 117 heavy (non-hydrogen) atoms. The number of nitrogens with zero attached hydrogens (tertiary/aromatic N) is 4. The van der Waals surface area contributed by atoms with Gasteiger partial charge in [-0.1, -0.05) is 144 Å². The van der Waals surface area contributed by atoms with E-state index in [9.17, 15) is 0 Å². The summed E-state index contributed by atoms with van der Waals surface area (Å²) >= 11 is 7.45. The molecule has 16 aromatic carbocycles. The van der Waals surface area contributed by atoms with Crippen LogP contribution in [0.4, 0.5) is 68.2 Å². The van der Waals surface area contributed by atoms with E-state index >= 15 is 0 Å². The van der Waals surface area contributed by atoms with Gasteiger partial charge in [-0.15, -0.1) is 45.3 Å². The summed E-state index contributed by atoms with van der Waals surface area (Å²) in [5, 5.41) is 9.71. The second-order valence-electron chi connectivity index (χ2n) is 30.2. The molecule has 0 aliphatic rings. The van der Waals surface area contributed by atoms with Crippen molar-refractivity contribution < 1.29 is 18.9 Å². The molecule has 20 aromatic rings. The summed E-state index contributed by atoms with van der Waals surface area (Å²) in [6.45, 7) is 8.59. The third-order valence-electron chi connectivity index (χ3n) is 23.1. The Balaban J connectivity index is 0.818. The molecular weight excluding hydrogens is 1510 g/mol. The van der Waals surface area contributed by atoms with Crippen molar-refractivity contribution in [2.45, 2.75) is 33.1 Å². The topological polar surface area (TPSA) is 49.9 Å². The van der Waals surface area contributed by atoms with Gasteiger partial charge in [0.2, 0.25) is 0 Å². The van der Waals surface area contributed by atoms with Crippen LogP contribution in [-0.4, -0.2) is 28.4 Å². The van der Waals surface area contributed by atoms with Crippen LogP contribution in [0, 0.1) is 27.7 Å². The van der Waals surface area contributed by atoms with Crippen LogP contribution in [0.1, 0.15) is 44.5 Å². The maximum absolute atomic E-state index is 5.68. The minimum Gasteiger partial charge on any atom is -0.497 e. The highest BCUT2D eigenvalue weighted by Gasteiger charge is 2.41. The number of ether oxygens (including phenoxy) is 4. The van der Waals surface area contributed by atoms with Gasteiger partial charge in [-0.25, -0.2) is 0 Å². The summed E-state index contributed by atoms with van der Waals surface area (Å²) < 4.78 is 32.4. The first kappa shape index (κ1) is 72.7. The lowest BCUT2D eigenvalue weighted by Crippen LogP contribution is -2.31. The molecule has 568 valence electrons. The molecule has 0 fully saturated rings. The molecule has 0 bridgehead atoms. The molecular formula is C105H80N4O4S4. The molecule has 0 atom stereocenters. The normalized spacial score (nSPS) is 11.8. The summed E-state index contributed by atoms with van der Waals surface area (Å²) in [6, 6.07) is 126. The molecule has 20 rings (SSSR count). The standard InChI is InChI=1S/C105H80N4O4S4/c1-65-9-21-73(22-10-65)106(74-23-11-66(2)12-24-74)81-37-53-93-89-49-17-69(57-97(89)114-101(93)61-81)105(70-18-50-90-94-54-38-82(62-102(94)115-98(90)58-70)107(75-25-13-67(3)14-26-75)77-29-41-85(110-5)42-30-77,71-19-51-91-95-55-39-83(63-103(95)116-99(91)59-71)108(76-27-15-68(4)16-28-76)78-31-43-86(111-6)44-32-78)72-20-52-92-96-56-40-84(64-104(96)117-100(92)60-72)109(79-33-45-87(112-7)46-34-79)80-35-47-88(113-8)48-36-80/h9-64H,1-8H3. The van der Waals surface area contributed by atoms with E-state index in [4.69, 9.17) is 18.9 Å². The molecule has 0 unspecified atom stereocenters. The second-order valence-corrected chi connectivity index (χ2v) is 34.5. The van der Waals surface area contributed by atoms with E-state index in [-0.39, 0.29) is 0 Å². The Morgan fingerprint density at radius 1 is 0.179 bits per heavy atom. The van der Waals surface area contributed by atoms with E-state index in [0.717, 1.165) is 91.2 Å². The third-order valence-corrected chi connectivity index (χ3v) is 27.5. The monoisotopic (exact) mass is 1590 g/mol. The summed E-state index contributed by atoms with van der Waals surface area (Å²) in [6.07, 6.45) is 0. The molecule has 0 saturated heterocycles. The Morgan fingerprint density at radius 3 is 0.513 bits per heavy atom. The first-order valence-corrected chi connectivity index (χ1v) is 42.5. The van der Waals surface area contributed by atoms with Crippen molar-refractivity contribution in [3.8, 4) is 23.0 Å². The fraction of sp³-hybridized carbons (Fsp3) is 0.0857. The number of hydrogen-bond acceptors (Lipinski definition) is 12. The fourth-order valence-corrected chi connectivity index (χ4v) is 21.8. The second kappa shape index (κ2) is 29.9. The van der Waals surface area contributed by atoms with Crippen LogP contribution < -0.4 is 38.5 Å². The Bertz CT molecular complexity index is 6830. The van der Waals surface area contributed by atoms with Crippen molar-refractivity contribution in [2.24, 2.45) is 0 Å². The van der Waals surface area contributed by atoms with Gasteiger partial charge in [0.1, 0.15) is 23.0 Å². The Morgan fingerprint density at radius 2 is 0.333 bits per heavy atom. The van der Waals surface area contributed by atoms with Crippen molar-refractivity contribution >= 4 is 194 Å². The quantitative estimate of drug-likeness (QED) is 0.0700. The molecule has 8 nitrogen and oxygen atoms in total. The molecule has 0 aliphatic carbocycles. The Kier molecular flexibility index (Phi) is 18.6. The first-order valence-electron chi connectivity index (χ1n) is 39.2. The van der Waals surface area contributed by atoms with Gasteiger partial charge in [-0.3, -0.25) is 0 Å². The van der Waals surface area contributed by atoms with E-state index in [1.807, 2.05) is 93.9 Å². The number of benzene rings is 16. The highest BCUT2D eigenvalue weighted by molar-refractivity contribution is 7.27. The average Bonchev–Trinajstić information content (AvgIpc) is 1.66. The maximum Gasteiger partial charge on any atom is 0.119 e. The van der Waals surface area contributed by atoms with Crippen molar-refractivity contribution in [3.63, 3.8) is 0 Å². The molecule has 0 spiro atoms. The molecule has 0 N–H and O–H groups in total. The van der Waals surface area contributed by atoms with E-state index in [1.165, 1.54) is 125 Å². The minimum atomic E-state index is -0.920. The molecule has 0 radical (unpaired) electrons. The lowest BCUT2D eigenvalue weighted by molar-refractivity contribution is 0.414. The highest BCUT2D eigenvalue weighted by Crippen LogP contribution is 2.54. The zero-order valence-electron chi connectivity index (χ0n) is 65.9. The van der Waals surface area contributed by atoms with Crippen molar-refractivity contribution in [1.82, 2.24) is 0 Å². The van der Waals surface area contributed by atoms with Gasteiger partial charge in [0.05, 0.1) is 33.9 Å². The summed E-state index contributed by atoms with van der Waals surface area (Å²) in [4.78, 5) is 9.40. The largest absolute Gasteiger partial charge is 0.497 e. The number of fused-ring (bicyclic) bond motifs is 12. The highest BCUT2D eigenvalue weighted by atomic mass is 32.1. The lowest BCUT2D eigenvalue weighted by atomic mass is 9.65. The Labute approximate surface area is 696 Å². The predicted octanol–water partition coefficient (Wildman–Crippen LogP) is 30.7. The maximum atomic E-state index is 5.68. The number of thiophene rings is 4. The third kappa shape index (κ3) is 13.1. The van der Waals surface area contributed by atoms with Crippen molar-refractivity contribution in [1.29, 1.82) is 0 Å². The number of anilines is 12. The van der Waals surface area contributed by atoms with Crippen LogP contribution in [0.2, 0.25) is 0 Å². The summed E-state index contributed by atoms with van der Waals surface area (Å²) in [5.74, 6) is 3.22. The minimum absolute atomic E-state index is 0.798. The predicted molar refractivity (Wildman–Crippen MR) is 500 cm³/mol. The van der Waals surface area contributed by atoms with Crippen LogP contribution >= 0.6 is 45.3 Å². The number of aryl methyl sites for hydroxylation is 4. The smallest absolute Gasteiger partial charge is 0.119 e. The zero-order valence-corrected chi connectivity index (χ0v) is 69.2. The fourth-order valence-electron chi connectivity index (χ4n) is 17.0. The molecule has 4 heterocycles. The van der Waals surface area contributed by atoms with Crippen LogP contribution in [-0.2, 0) is 5.41 Å². The SMILES string of the molecule is COc1ccc(N(c2ccc(C)cc2)c2ccc3c(c2)sc2cc(C(c4ccc5c(c4)sc4cc(N(c6ccc(C)cc6)c6ccc(C)cc6)ccc45)(c4ccc5c(c4)sc4cc(N(c6ccc(C)cc6)c6ccc(OC)cc6)ccc45)c4ccc5c(c4)sc4cc(N(c6ccc(OC)cc6)c6ccc(OC)cc6)ccc45)ccc23)cc1. The van der Waals surface area contributed by atoms with Gasteiger partial charge in [0.15, 0.2) is 0 Å². The molecule has 0 aliphatic heterocycles. The van der Waals surface area contributed by atoms with Crippen LogP contribution in [0.3, 0.4) is 0 Å². The molecule has 0 amide bonds. The van der Waals surface area contributed by atoms with Crippen LogP contribution in [0.15, 0.2) is 340 Å². The molecule has 0 saturated carbocycles. The van der Waals surface area contributed by atoms with Gasteiger partial charge >= 0.3 is 0 Å². The van der Waals surface area contributed by atoms with E-state index in [1.54, 1.807) is 28.4 Å². The van der Waals surface area contributed by atoms with Gasteiger partial charge in [-0.05, 0) is 268 Å². The molecule has 12 heteroatoms. The van der Waals surface area contributed by atoms with Gasteiger partial charge in [-0.2, -0.15) is 0 Å². The van der Waals surface area contributed by atoms with Crippen molar-refractivity contribution in [3.05, 3.63) is 384 Å². The number of methoxy groups -OCH3 is 4. The number of hydrogen-bond donors (Lipinski definition) is 0. The number of rotatable bonds is 20. The van der Waals surface area contributed by atoms with Gasteiger partial charge in [0, 0.05) is 149 Å². The van der Waals surface area contributed by atoms with Crippen LogP contribution in [0.25, 0.3) is 80.7 Å². The van der Waals surface area contributed by atoms with Crippen molar-refractivity contribution in [2.75, 3.05) is 48.0 Å². The average molecular weight is 1590 g/mol. The van der Waals surface area contributed by atoms with E-state index in [2.05, 4.69) is 338 Å². The van der Waals surface area contributed by atoms with E-state index in [0.29, 0.717) is 0 Å².